The van der Waals surface area contributed by atoms with E-state index in [4.69, 9.17) is 4.74 Å². The summed E-state index contributed by atoms with van der Waals surface area (Å²) in [6, 6.07) is 0. The van der Waals surface area contributed by atoms with Crippen LogP contribution in [0.4, 0.5) is 0 Å². The molecule has 56 valence electrons. The molecule has 1 atom stereocenters. The average Bonchev–Trinajstić information content (AvgIpc) is 2.14. The van der Waals surface area contributed by atoms with E-state index >= 15 is 0 Å². The molecule has 0 amide bonds. The predicted molar refractivity (Wildman–Crippen MR) is 39.6 cm³/mol. The number of hydrogen-bond donors (Lipinski definition) is 0. The Kier molecular flexibility index (Phi) is 3.82. The van der Waals surface area contributed by atoms with E-state index in [1.165, 1.54) is 13.0 Å². The van der Waals surface area contributed by atoms with Crippen LogP contribution in [0.5, 0.6) is 0 Å². The zero-order valence-corrected chi connectivity index (χ0v) is 5.55. The maximum absolute atomic E-state index is 5.14. The molecule has 0 spiro atoms. The van der Waals surface area contributed by atoms with Gasteiger partial charge in [0.1, 0.15) is 0 Å². The molecule has 0 radical (unpaired) electrons. The monoisotopic (exact) mass is 131 g/mol. The molecule has 2 nitrogen and oxygen atoms in total. The minimum Gasteiger partial charge on any atom is -0.380 e. The van der Waals surface area contributed by atoms with Gasteiger partial charge in [-0.1, -0.05) is 7.43 Å². The van der Waals surface area contributed by atoms with Crippen molar-refractivity contribution >= 4 is 0 Å². The Balaban J connectivity index is 0.000000640. The van der Waals surface area contributed by atoms with E-state index in [0.717, 1.165) is 6.54 Å². The van der Waals surface area contributed by atoms with Crippen molar-refractivity contribution in [1.82, 2.24) is 4.90 Å². The van der Waals surface area contributed by atoms with Crippen molar-refractivity contribution in [2.45, 2.75) is 20.0 Å². The van der Waals surface area contributed by atoms with Crippen LogP contribution >= 0.6 is 0 Å². The molecule has 0 aromatic heterocycles. The zero-order valence-electron chi connectivity index (χ0n) is 5.55. The van der Waals surface area contributed by atoms with E-state index in [9.17, 15) is 0 Å². The van der Waals surface area contributed by atoms with E-state index in [-0.39, 0.29) is 7.43 Å². The van der Waals surface area contributed by atoms with Gasteiger partial charge in [-0.15, -0.1) is 0 Å². The average molecular weight is 131 g/mol. The molecule has 1 aliphatic heterocycles. The first kappa shape index (κ1) is 8.92. The first-order valence-corrected chi connectivity index (χ1v) is 3.04. The SMILES string of the molecule is C.COC1CCN(C)C1. The summed E-state index contributed by atoms with van der Waals surface area (Å²) < 4.78 is 5.14. The van der Waals surface area contributed by atoms with Gasteiger partial charge in [0.25, 0.3) is 0 Å². The van der Waals surface area contributed by atoms with Crippen molar-refractivity contribution in [3.63, 3.8) is 0 Å². The number of ether oxygens (including phenoxy) is 1. The lowest BCUT2D eigenvalue weighted by Gasteiger charge is -2.06. The number of hydrogen-bond acceptors (Lipinski definition) is 2. The quantitative estimate of drug-likeness (QED) is 0.526. The van der Waals surface area contributed by atoms with Gasteiger partial charge in [0, 0.05) is 20.2 Å². The van der Waals surface area contributed by atoms with Crippen molar-refractivity contribution in [3.8, 4) is 0 Å². The van der Waals surface area contributed by atoms with Gasteiger partial charge in [0.2, 0.25) is 0 Å². The van der Waals surface area contributed by atoms with Crippen LogP contribution in [0.1, 0.15) is 13.8 Å². The summed E-state index contributed by atoms with van der Waals surface area (Å²) in [4.78, 5) is 2.29. The van der Waals surface area contributed by atoms with Crippen LogP contribution in [-0.4, -0.2) is 38.3 Å². The van der Waals surface area contributed by atoms with Crippen LogP contribution in [0.3, 0.4) is 0 Å². The van der Waals surface area contributed by atoms with Crippen molar-refractivity contribution in [2.24, 2.45) is 0 Å². The number of likely N-dealkylation sites (N-methyl/N-ethyl adjacent to an activating group) is 1. The molecule has 0 aliphatic carbocycles. The van der Waals surface area contributed by atoms with Gasteiger partial charge in [-0.25, -0.2) is 0 Å². The summed E-state index contributed by atoms with van der Waals surface area (Å²) in [6.07, 6.45) is 1.70. The first-order chi connectivity index (χ1) is 3.83. The molecule has 1 heterocycles. The normalized spacial score (nSPS) is 28.0. The lowest BCUT2D eigenvalue weighted by Crippen LogP contribution is -2.17. The highest BCUT2D eigenvalue weighted by Crippen LogP contribution is 2.07. The topological polar surface area (TPSA) is 12.5 Å². The molecule has 0 N–H and O–H groups in total. The summed E-state index contributed by atoms with van der Waals surface area (Å²) in [7, 11) is 3.91. The lowest BCUT2D eigenvalue weighted by molar-refractivity contribution is 0.111. The number of methoxy groups -OCH3 is 1. The summed E-state index contributed by atoms with van der Waals surface area (Å²) in [6.45, 7) is 2.30. The minimum atomic E-state index is 0. The Bertz CT molecular complexity index is 75.3. The maximum Gasteiger partial charge on any atom is 0.0710 e. The molecule has 1 rings (SSSR count). The van der Waals surface area contributed by atoms with Gasteiger partial charge in [-0.05, 0) is 13.5 Å². The van der Waals surface area contributed by atoms with E-state index in [2.05, 4.69) is 11.9 Å². The fourth-order valence-electron chi connectivity index (χ4n) is 1.09. The molecule has 0 bridgehead atoms. The Morgan fingerprint density at radius 3 is 2.44 bits per heavy atom. The van der Waals surface area contributed by atoms with E-state index in [1.54, 1.807) is 7.11 Å². The van der Waals surface area contributed by atoms with Gasteiger partial charge in [0.05, 0.1) is 6.10 Å². The third kappa shape index (κ3) is 2.33. The van der Waals surface area contributed by atoms with Crippen LogP contribution < -0.4 is 0 Å². The second kappa shape index (κ2) is 3.85. The molecule has 1 fully saturated rings. The summed E-state index contributed by atoms with van der Waals surface area (Å²) in [5.74, 6) is 0. The highest BCUT2D eigenvalue weighted by molar-refractivity contribution is 4.71. The highest BCUT2D eigenvalue weighted by Gasteiger charge is 2.17. The molecular weight excluding hydrogens is 114 g/mol. The third-order valence-electron chi connectivity index (χ3n) is 1.68. The molecule has 9 heavy (non-hydrogen) atoms. The molecule has 0 saturated carbocycles. The molecule has 1 saturated heterocycles. The summed E-state index contributed by atoms with van der Waals surface area (Å²) in [5, 5.41) is 0. The molecule has 0 aromatic carbocycles. The summed E-state index contributed by atoms with van der Waals surface area (Å²) in [5.41, 5.74) is 0. The van der Waals surface area contributed by atoms with Crippen LogP contribution in [0.2, 0.25) is 0 Å². The molecule has 0 aromatic rings. The minimum absolute atomic E-state index is 0. The van der Waals surface area contributed by atoms with Crippen molar-refractivity contribution < 1.29 is 4.74 Å². The third-order valence-corrected chi connectivity index (χ3v) is 1.68. The number of likely N-dealkylation sites (tertiary alicyclic amines) is 1. The van der Waals surface area contributed by atoms with Crippen LogP contribution in [-0.2, 0) is 4.74 Å². The fraction of sp³-hybridized carbons (Fsp3) is 1.00. The largest absolute Gasteiger partial charge is 0.380 e. The van der Waals surface area contributed by atoms with Gasteiger partial charge < -0.3 is 9.64 Å². The van der Waals surface area contributed by atoms with Gasteiger partial charge in [-0.3, -0.25) is 0 Å². The second-order valence-electron chi connectivity index (χ2n) is 2.41. The molecular formula is C7H17NO. The highest BCUT2D eigenvalue weighted by atomic mass is 16.5. The standard InChI is InChI=1S/C6H13NO.CH4/c1-7-4-3-6(5-7)8-2;/h6H,3-5H2,1-2H3;1H4. The Morgan fingerprint density at radius 2 is 2.22 bits per heavy atom. The van der Waals surface area contributed by atoms with Crippen LogP contribution in [0.15, 0.2) is 0 Å². The van der Waals surface area contributed by atoms with Crippen molar-refractivity contribution in [1.29, 1.82) is 0 Å². The lowest BCUT2D eigenvalue weighted by atomic mass is 10.3. The van der Waals surface area contributed by atoms with Gasteiger partial charge >= 0.3 is 0 Å². The number of nitrogens with zero attached hydrogens (tertiary/aromatic N) is 1. The van der Waals surface area contributed by atoms with E-state index in [0.29, 0.717) is 6.10 Å². The van der Waals surface area contributed by atoms with Gasteiger partial charge in [-0.2, -0.15) is 0 Å². The predicted octanol–water partition coefficient (Wildman–Crippen LogP) is 0.973. The van der Waals surface area contributed by atoms with Crippen LogP contribution in [0.25, 0.3) is 0 Å². The zero-order chi connectivity index (χ0) is 5.98. The van der Waals surface area contributed by atoms with E-state index in [1.807, 2.05) is 0 Å². The van der Waals surface area contributed by atoms with Gasteiger partial charge in [0.15, 0.2) is 0 Å². The van der Waals surface area contributed by atoms with Crippen molar-refractivity contribution in [2.75, 3.05) is 27.2 Å². The van der Waals surface area contributed by atoms with Crippen LogP contribution in [0, 0.1) is 0 Å². The van der Waals surface area contributed by atoms with E-state index < -0.39 is 0 Å². The molecule has 1 aliphatic rings. The smallest absolute Gasteiger partial charge is 0.0710 e. The fourth-order valence-corrected chi connectivity index (χ4v) is 1.09. The summed E-state index contributed by atoms with van der Waals surface area (Å²) >= 11 is 0. The first-order valence-electron chi connectivity index (χ1n) is 3.04. The molecule has 2 heteroatoms. The number of rotatable bonds is 1. The second-order valence-corrected chi connectivity index (χ2v) is 2.41. The Labute approximate surface area is 57.8 Å². The Morgan fingerprint density at radius 1 is 1.56 bits per heavy atom. The Hall–Kier alpha value is -0.0800. The maximum atomic E-state index is 5.14. The van der Waals surface area contributed by atoms with Crippen molar-refractivity contribution in [3.05, 3.63) is 0 Å². The molecule has 1 unspecified atom stereocenters.